The fraction of sp³-hybridized carbons (Fsp3) is 0.273. The van der Waals surface area contributed by atoms with Crippen molar-refractivity contribution in [3.8, 4) is 0 Å². The first-order valence-electron chi connectivity index (χ1n) is 4.21. The number of likely N-dealkylation sites (N-methyl/N-ethyl adjacent to an activating group) is 1. The minimum atomic E-state index is 0.924. The zero-order chi connectivity index (χ0) is 8.81. The topological polar surface area (TPSA) is 12.0 Å². The average molecular weight is 161 g/mol. The summed E-state index contributed by atoms with van der Waals surface area (Å²) < 4.78 is 0. The second-order valence-electron chi connectivity index (χ2n) is 2.87. The van der Waals surface area contributed by atoms with Gasteiger partial charge in [-0.15, -0.1) is 0 Å². The van der Waals surface area contributed by atoms with Gasteiger partial charge in [0.2, 0.25) is 0 Å². The van der Waals surface area contributed by atoms with Gasteiger partial charge in [0.05, 0.1) is 0 Å². The Hall–Kier alpha value is -1.08. The predicted octanol–water partition coefficient (Wildman–Crippen LogP) is 2.23. The standard InChI is InChI=1S/C11H15N/c1-10-5-7-11(8-6-10)4-3-9-12-2/h3-8,12H,9H2,1-2H3/b4-3+. The van der Waals surface area contributed by atoms with Crippen molar-refractivity contribution >= 4 is 6.08 Å². The molecule has 0 aliphatic rings. The van der Waals surface area contributed by atoms with Gasteiger partial charge in [0.25, 0.3) is 0 Å². The molecule has 0 spiro atoms. The Morgan fingerprint density at radius 2 is 1.92 bits per heavy atom. The van der Waals surface area contributed by atoms with Crippen molar-refractivity contribution in [2.75, 3.05) is 13.6 Å². The minimum absolute atomic E-state index is 0.924. The molecule has 0 bridgehead atoms. The predicted molar refractivity (Wildman–Crippen MR) is 54.1 cm³/mol. The molecule has 0 aliphatic carbocycles. The van der Waals surface area contributed by atoms with Gasteiger partial charge in [-0.2, -0.15) is 0 Å². The third-order valence-corrected chi connectivity index (χ3v) is 1.71. The summed E-state index contributed by atoms with van der Waals surface area (Å²) >= 11 is 0. The van der Waals surface area contributed by atoms with Crippen LogP contribution in [-0.4, -0.2) is 13.6 Å². The van der Waals surface area contributed by atoms with E-state index in [1.807, 2.05) is 7.05 Å². The largest absolute Gasteiger partial charge is 0.316 e. The van der Waals surface area contributed by atoms with Crippen molar-refractivity contribution in [1.82, 2.24) is 5.32 Å². The maximum absolute atomic E-state index is 3.06. The van der Waals surface area contributed by atoms with E-state index in [2.05, 4.69) is 48.7 Å². The number of hydrogen-bond acceptors (Lipinski definition) is 1. The highest BCUT2D eigenvalue weighted by Crippen LogP contribution is 2.04. The molecule has 0 saturated carbocycles. The molecule has 1 aromatic rings. The van der Waals surface area contributed by atoms with Crippen LogP contribution in [0.15, 0.2) is 30.3 Å². The lowest BCUT2D eigenvalue weighted by Gasteiger charge is -1.94. The van der Waals surface area contributed by atoms with Crippen LogP contribution in [0.25, 0.3) is 6.08 Å². The number of nitrogens with one attached hydrogen (secondary N) is 1. The molecule has 1 N–H and O–H groups in total. The normalized spacial score (nSPS) is 10.8. The molecule has 0 unspecified atom stereocenters. The number of hydrogen-bond donors (Lipinski definition) is 1. The van der Waals surface area contributed by atoms with E-state index >= 15 is 0 Å². The van der Waals surface area contributed by atoms with E-state index in [4.69, 9.17) is 0 Å². The summed E-state index contributed by atoms with van der Waals surface area (Å²) in [5.41, 5.74) is 2.57. The van der Waals surface area contributed by atoms with Gasteiger partial charge in [-0.25, -0.2) is 0 Å². The van der Waals surface area contributed by atoms with E-state index in [0.29, 0.717) is 0 Å². The van der Waals surface area contributed by atoms with Gasteiger partial charge < -0.3 is 5.32 Å². The van der Waals surface area contributed by atoms with Crippen LogP contribution in [0.2, 0.25) is 0 Å². The van der Waals surface area contributed by atoms with Gasteiger partial charge in [0, 0.05) is 6.54 Å². The van der Waals surface area contributed by atoms with Crippen molar-refractivity contribution in [3.63, 3.8) is 0 Å². The zero-order valence-electron chi connectivity index (χ0n) is 7.67. The molecule has 1 aromatic carbocycles. The highest BCUT2D eigenvalue weighted by molar-refractivity contribution is 5.49. The van der Waals surface area contributed by atoms with Crippen LogP contribution in [-0.2, 0) is 0 Å². The molecular formula is C11H15N. The van der Waals surface area contributed by atoms with Crippen LogP contribution in [0.3, 0.4) is 0 Å². The summed E-state index contributed by atoms with van der Waals surface area (Å²) in [4.78, 5) is 0. The first-order chi connectivity index (χ1) is 5.83. The van der Waals surface area contributed by atoms with Gasteiger partial charge in [0.15, 0.2) is 0 Å². The molecule has 0 atom stereocenters. The quantitative estimate of drug-likeness (QED) is 0.716. The van der Waals surface area contributed by atoms with Gasteiger partial charge in [-0.3, -0.25) is 0 Å². The fourth-order valence-electron chi connectivity index (χ4n) is 0.990. The Labute approximate surface area is 74.1 Å². The van der Waals surface area contributed by atoms with Crippen LogP contribution in [0, 0.1) is 6.92 Å². The van der Waals surface area contributed by atoms with E-state index in [-0.39, 0.29) is 0 Å². The van der Waals surface area contributed by atoms with Gasteiger partial charge in [-0.1, -0.05) is 42.0 Å². The zero-order valence-corrected chi connectivity index (χ0v) is 7.67. The first kappa shape index (κ1) is 9.01. The molecule has 1 nitrogen and oxygen atoms in total. The first-order valence-corrected chi connectivity index (χ1v) is 4.21. The van der Waals surface area contributed by atoms with Crippen LogP contribution in [0.5, 0.6) is 0 Å². The van der Waals surface area contributed by atoms with Crippen LogP contribution >= 0.6 is 0 Å². The molecule has 0 saturated heterocycles. The molecule has 0 amide bonds. The average Bonchev–Trinajstić information content (AvgIpc) is 2.09. The van der Waals surface area contributed by atoms with Gasteiger partial charge in [0.1, 0.15) is 0 Å². The molecular weight excluding hydrogens is 146 g/mol. The van der Waals surface area contributed by atoms with E-state index in [9.17, 15) is 0 Å². The Bertz CT molecular complexity index is 246. The maximum atomic E-state index is 3.06. The molecule has 0 heterocycles. The lowest BCUT2D eigenvalue weighted by atomic mass is 10.1. The number of benzene rings is 1. The Morgan fingerprint density at radius 1 is 1.25 bits per heavy atom. The summed E-state index contributed by atoms with van der Waals surface area (Å²) in [7, 11) is 1.94. The van der Waals surface area contributed by atoms with Gasteiger partial charge >= 0.3 is 0 Å². The van der Waals surface area contributed by atoms with Crippen LogP contribution < -0.4 is 5.32 Å². The Kier molecular flexibility index (Phi) is 3.55. The molecule has 1 rings (SSSR count). The van der Waals surface area contributed by atoms with E-state index < -0.39 is 0 Å². The van der Waals surface area contributed by atoms with Crippen molar-refractivity contribution < 1.29 is 0 Å². The molecule has 0 aromatic heterocycles. The second kappa shape index (κ2) is 4.73. The van der Waals surface area contributed by atoms with Crippen molar-refractivity contribution in [3.05, 3.63) is 41.5 Å². The lowest BCUT2D eigenvalue weighted by molar-refractivity contribution is 0.922. The molecule has 64 valence electrons. The molecule has 0 aliphatic heterocycles. The van der Waals surface area contributed by atoms with Crippen molar-refractivity contribution in [2.45, 2.75) is 6.92 Å². The third kappa shape index (κ3) is 2.89. The summed E-state index contributed by atoms with van der Waals surface area (Å²) in [6, 6.07) is 8.50. The fourth-order valence-corrected chi connectivity index (χ4v) is 0.990. The highest BCUT2D eigenvalue weighted by atomic mass is 14.8. The summed E-state index contributed by atoms with van der Waals surface area (Å²) in [5.74, 6) is 0. The highest BCUT2D eigenvalue weighted by Gasteiger charge is 1.84. The molecule has 0 fully saturated rings. The summed E-state index contributed by atoms with van der Waals surface area (Å²) in [6.45, 7) is 3.02. The van der Waals surface area contributed by atoms with E-state index in [0.717, 1.165) is 6.54 Å². The Morgan fingerprint density at radius 3 is 2.50 bits per heavy atom. The van der Waals surface area contributed by atoms with Crippen LogP contribution in [0.4, 0.5) is 0 Å². The van der Waals surface area contributed by atoms with Gasteiger partial charge in [-0.05, 0) is 19.5 Å². The monoisotopic (exact) mass is 161 g/mol. The minimum Gasteiger partial charge on any atom is -0.316 e. The van der Waals surface area contributed by atoms with E-state index in [1.165, 1.54) is 11.1 Å². The molecule has 0 radical (unpaired) electrons. The smallest absolute Gasteiger partial charge is 0.0135 e. The molecule has 12 heavy (non-hydrogen) atoms. The number of rotatable bonds is 3. The lowest BCUT2D eigenvalue weighted by Crippen LogP contribution is -2.03. The number of aryl methyl sites for hydroxylation is 1. The summed E-state index contributed by atoms with van der Waals surface area (Å²) in [6.07, 6.45) is 4.24. The van der Waals surface area contributed by atoms with Crippen LogP contribution in [0.1, 0.15) is 11.1 Å². The van der Waals surface area contributed by atoms with E-state index in [1.54, 1.807) is 0 Å². The Balaban J connectivity index is 2.58. The van der Waals surface area contributed by atoms with Crippen molar-refractivity contribution in [1.29, 1.82) is 0 Å². The summed E-state index contributed by atoms with van der Waals surface area (Å²) in [5, 5.41) is 3.06. The second-order valence-corrected chi connectivity index (χ2v) is 2.87. The maximum Gasteiger partial charge on any atom is 0.0135 e. The third-order valence-electron chi connectivity index (χ3n) is 1.71. The molecule has 1 heteroatoms. The SMILES string of the molecule is CNC/C=C/c1ccc(C)cc1. The van der Waals surface area contributed by atoms with Crippen molar-refractivity contribution in [2.24, 2.45) is 0 Å².